The zero-order valence-electron chi connectivity index (χ0n) is 16.5. The van der Waals surface area contributed by atoms with E-state index < -0.39 is 25.7 Å². The highest BCUT2D eigenvalue weighted by atomic mass is 31.2. The molecule has 2 rings (SSSR count). The van der Waals surface area contributed by atoms with Gasteiger partial charge < -0.3 is 18.5 Å². The molecule has 1 aliphatic heterocycles. The number of ether oxygens (including phenoxy) is 2. The van der Waals surface area contributed by atoms with E-state index in [1.165, 1.54) is 24.9 Å². The van der Waals surface area contributed by atoms with Gasteiger partial charge in [0.2, 0.25) is 0 Å². The second-order valence-corrected chi connectivity index (χ2v) is 7.95. The van der Waals surface area contributed by atoms with Crippen molar-refractivity contribution >= 4 is 25.7 Å². The van der Waals surface area contributed by atoms with Gasteiger partial charge in [-0.25, -0.2) is 9.59 Å². The molecule has 1 amide bonds. The van der Waals surface area contributed by atoms with E-state index in [9.17, 15) is 14.2 Å². The molecule has 0 saturated carbocycles. The van der Waals surface area contributed by atoms with E-state index in [0.717, 1.165) is 16.7 Å². The van der Waals surface area contributed by atoms with Crippen LogP contribution in [0, 0.1) is 0 Å². The minimum Gasteiger partial charge on any atom is -0.467 e. The van der Waals surface area contributed by atoms with Gasteiger partial charge in [-0.3, -0.25) is 9.46 Å². The molecule has 0 N–H and O–H groups in total. The molecule has 1 aromatic rings. The van der Waals surface area contributed by atoms with E-state index in [-0.39, 0.29) is 19.8 Å². The topological polar surface area (TPSA) is 91.4 Å². The summed E-state index contributed by atoms with van der Waals surface area (Å²) in [6, 6.07) is 4.87. The summed E-state index contributed by atoms with van der Waals surface area (Å²) in [7, 11) is -0.743. The summed E-state index contributed by atoms with van der Waals surface area (Å²) in [5.74, 6) is 0.939. The van der Waals surface area contributed by atoms with Crippen LogP contribution >= 0.6 is 7.60 Å². The Hall–Kier alpha value is -2.15. The van der Waals surface area contributed by atoms with E-state index in [0.29, 0.717) is 6.42 Å². The summed E-state index contributed by atoms with van der Waals surface area (Å²) in [6.07, 6.45) is 1.40. The summed E-state index contributed by atoms with van der Waals surface area (Å²) >= 11 is 0. The van der Waals surface area contributed by atoms with Crippen molar-refractivity contribution in [2.45, 2.75) is 32.9 Å². The van der Waals surface area contributed by atoms with Crippen molar-refractivity contribution in [3.63, 3.8) is 0 Å². The minimum atomic E-state index is -3.30. The van der Waals surface area contributed by atoms with Gasteiger partial charge in [-0.05, 0) is 42.7 Å². The minimum absolute atomic E-state index is 0.206. The van der Waals surface area contributed by atoms with Gasteiger partial charge in [-0.15, -0.1) is 0 Å². The molecule has 154 valence electrons. The van der Waals surface area contributed by atoms with Crippen molar-refractivity contribution in [3.8, 4) is 0 Å². The Kier molecular flexibility index (Phi) is 7.80. The first-order valence-electron chi connectivity index (χ1n) is 8.99. The number of nitrogens with zero attached hydrogens (tertiary/aromatic N) is 1. The Labute approximate surface area is 164 Å². The number of fused-ring (bicyclic) bond motifs is 1. The average molecular weight is 411 g/mol. The fourth-order valence-electron chi connectivity index (χ4n) is 3.02. The van der Waals surface area contributed by atoms with Crippen molar-refractivity contribution in [2.75, 3.05) is 27.4 Å². The number of carbonyl (C=O) groups excluding carboxylic acids is 2. The molecule has 0 aromatic heterocycles. The molecule has 9 heteroatoms. The maximum Gasteiger partial charge on any atom is 0.410 e. The Bertz CT molecular complexity index is 782. The monoisotopic (exact) mass is 411 g/mol. The molecule has 1 heterocycles. The van der Waals surface area contributed by atoms with Crippen LogP contribution in [-0.4, -0.2) is 50.4 Å². The number of hydrogen-bond donors (Lipinski definition) is 0. The second-order valence-electron chi connectivity index (χ2n) is 6.06. The first kappa shape index (κ1) is 22.1. The van der Waals surface area contributed by atoms with Gasteiger partial charge in [0.05, 0.1) is 34.0 Å². The van der Waals surface area contributed by atoms with Crippen LogP contribution in [0.25, 0.3) is 6.08 Å². The largest absolute Gasteiger partial charge is 0.467 e. The average Bonchev–Trinajstić information content (AvgIpc) is 2.70. The molecule has 28 heavy (non-hydrogen) atoms. The lowest BCUT2D eigenvalue weighted by molar-refractivity contribution is -0.146. The van der Waals surface area contributed by atoms with Crippen LogP contribution in [0.4, 0.5) is 4.79 Å². The third kappa shape index (κ3) is 5.22. The van der Waals surface area contributed by atoms with Gasteiger partial charge in [0, 0.05) is 12.2 Å². The first-order chi connectivity index (χ1) is 13.4. The lowest BCUT2D eigenvalue weighted by Gasteiger charge is -2.34. The van der Waals surface area contributed by atoms with Crippen molar-refractivity contribution in [1.82, 2.24) is 4.90 Å². The zero-order chi connectivity index (χ0) is 20.7. The smallest absolute Gasteiger partial charge is 0.410 e. The summed E-state index contributed by atoms with van der Waals surface area (Å²) in [5, 5.41) is 0. The molecule has 0 radical (unpaired) electrons. The Morgan fingerprint density at radius 1 is 1.14 bits per heavy atom. The summed E-state index contributed by atoms with van der Waals surface area (Å²) in [4.78, 5) is 25.5. The lowest BCUT2D eigenvalue weighted by Crippen LogP contribution is -2.49. The van der Waals surface area contributed by atoms with Crippen LogP contribution in [-0.2, 0) is 40.8 Å². The van der Waals surface area contributed by atoms with Crippen LogP contribution in [0.5, 0.6) is 0 Å². The number of benzene rings is 1. The van der Waals surface area contributed by atoms with Crippen molar-refractivity contribution < 1.29 is 32.7 Å². The molecule has 0 aliphatic carbocycles. The van der Waals surface area contributed by atoms with Gasteiger partial charge in [0.25, 0.3) is 0 Å². The Morgan fingerprint density at radius 3 is 2.39 bits per heavy atom. The third-order valence-corrected chi connectivity index (χ3v) is 6.06. The van der Waals surface area contributed by atoms with Crippen LogP contribution in [0.2, 0.25) is 0 Å². The molecule has 1 atom stereocenters. The van der Waals surface area contributed by atoms with E-state index >= 15 is 0 Å². The fraction of sp³-hybridized carbons (Fsp3) is 0.474. The predicted molar refractivity (Wildman–Crippen MR) is 104 cm³/mol. The highest BCUT2D eigenvalue weighted by molar-refractivity contribution is 7.57. The molecule has 0 saturated heterocycles. The maximum atomic E-state index is 12.6. The number of amides is 1. The van der Waals surface area contributed by atoms with Gasteiger partial charge in [0.15, 0.2) is 0 Å². The molecular weight excluding hydrogens is 385 g/mol. The van der Waals surface area contributed by atoms with Gasteiger partial charge in [0.1, 0.15) is 6.04 Å². The molecule has 0 bridgehead atoms. The number of rotatable bonds is 7. The van der Waals surface area contributed by atoms with Crippen LogP contribution in [0.15, 0.2) is 24.0 Å². The molecule has 0 fully saturated rings. The number of hydrogen-bond acceptors (Lipinski definition) is 7. The summed E-state index contributed by atoms with van der Waals surface area (Å²) < 4.78 is 32.7. The number of methoxy groups -OCH3 is 2. The lowest BCUT2D eigenvalue weighted by atomic mass is 9.92. The number of esters is 1. The maximum absolute atomic E-state index is 12.6. The molecule has 8 nitrogen and oxygen atoms in total. The van der Waals surface area contributed by atoms with E-state index in [2.05, 4.69) is 0 Å². The number of carbonyl (C=O) groups is 2. The molecule has 1 unspecified atom stereocenters. The van der Waals surface area contributed by atoms with Gasteiger partial charge in [-0.2, -0.15) is 0 Å². The summed E-state index contributed by atoms with van der Waals surface area (Å²) in [5.41, 5.74) is 2.58. The second kappa shape index (κ2) is 9.87. The normalized spacial score (nSPS) is 16.7. The Morgan fingerprint density at radius 2 is 1.82 bits per heavy atom. The quantitative estimate of drug-likeness (QED) is 0.500. The van der Waals surface area contributed by atoms with Crippen molar-refractivity contribution in [2.24, 2.45) is 0 Å². The highest BCUT2D eigenvalue weighted by Gasteiger charge is 2.36. The first-order valence-corrected chi connectivity index (χ1v) is 10.6. The van der Waals surface area contributed by atoms with E-state index in [1.54, 1.807) is 19.9 Å². The van der Waals surface area contributed by atoms with Crippen LogP contribution in [0.1, 0.15) is 30.5 Å². The van der Waals surface area contributed by atoms with Gasteiger partial charge >= 0.3 is 19.7 Å². The molecular formula is C19H26NO7P. The standard InChI is InChI=1S/C19H26NO7P/c1-5-26-28(23,27-6-2)10-9-14-7-8-15-12-17(18(21)24-3)20(19(22)25-4)13-16(15)11-14/h7-11,17H,5-6,12-13H2,1-4H3. The zero-order valence-corrected chi connectivity index (χ0v) is 17.4. The molecule has 0 spiro atoms. The fourth-order valence-corrected chi connectivity index (χ4v) is 4.35. The SMILES string of the molecule is CCOP(=O)(C=Cc1ccc2c(c1)CN(C(=O)OC)C(C(=O)OC)C2)OCC. The third-order valence-electron chi connectivity index (χ3n) is 4.31. The summed E-state index contributed by atoms with van der Waals surface area (Å²) in [6.45, 7) is 4.25. The highest BCUT2D eigenvalue weighted by Crippen LogP contribution is 2.50. The molecule has 1 aromatic carbocycles. The van der Waals surface area contributed by atoms with Crippen LogP contribution < -0.4 is 0 Å². The van der Waals surface area contributed by atoms with Gasteiger partial charge in [-0.1, -0.05) is 12.1 Å². The Balaban J connectivity index is 2.29. The van der Waals surface area contributed by atoms with E-state index in [4.69, 9.17) is 18.5 Å². The van der Waals surface area contributed by atoms with Crippen LogP contribution in [0.3, 0.4) is 0 Å². The van der Waals surface area contributed by atoms with Crippen molar-refractivity contribution in [1.29, 1.82) is 0 Å². The molecule has 1 aliphatic rings. The van der Waals surface area contributed by atoms with E-state index in [1.807, 2.05) is 18.2 Å². The predicted octanol–water partition coefficient (Wildman–Crippen LogP) is 3.59. The van der Waals surface area contributed by atoms with Crippen molar-refractivity contribution in [3.05, 3.63) is 40.7 Å².